The van der Waals surface area contributed by atoms with Crippen LogP contribution in [0.3, 0.4) is 0 Å². The molecule has 0 radical (unpaired) electrons. The van der Waals surface area contributed by atoms with Crippen LogP contribution < -0.4 is 0 Å². The van der Waals surface area contributed by atoms with E-state index in [2.05, 4.69) is 11.8 Å². The molecule has 2 nitrogen and oxygen atoms in total. The van der Waals surface area contributed by atoms with Crippen molar-refractivity contribution in [1.29, 1.82) is 0 Å². The number of hydrogen-bond donors (Lipinski definition) is 0. The standard InChI is InChI=1S/C8H13Cl2NOS/c1-7-6-13(12)3-2-11(7)5-8(10)4-9/h4,7H,2-3,5-6H2,1H3/b8-4-. The van der Waals surface area contributed by atoms with E-state index in [1.54, 1.807) is 0 Å². The van der Waals surface area contributed by atoms with Crippen molar-refractivity contribution in [3.05, 3.63) is 10.6 Å². The van der Waals surface area contributed by atoms with Crippen LogP contribution in [0.1, 0.15) is 6.92 Å². The average molecular weight is 242 g/mol. The monoisotopic (exact) mass is 241 g/mol. The second-order valence-corrected chi connectivity index (χ2v) is 5.51. The maximum atomic E-state index is 11.2. The van der Waals surface area contributed by atoms with Crippen molar-refractivity contribution in [3.8, 4) is 0 Å². The third kappa shape index (κ3) is 3.58. The Morgan fingerprint density at radius 3 is 3.00 bits per heavy atom. The molecule has 5 heteroatoms. The van der Waals surface area contributed by atoms with Gasteiger partial charge in [-0.15, -0.1) is 0 Å². The van der Waals surface area contributed by atoms with E-state index in [0.717, 1.165) is 18.1 Å². The second-order valence-electron chi connectivity index (χ2n) is 3.19. The van der Waals surface area contributed by atoms with Crippen LogP contribution in [-0.2, 0) is 10.8 Å². The van der Waals surface area contributed by atoms with E-state index in [1.807, 2.05) is 0 Å². The molecule has 0 amide bonds. The van der Waals surface area contributed by atoms with Crippen LogP contribution in [0.15, 0.2) is 10.6 Å². The molecule has 1 rings (SSSR count). The fraction of sp³-hybridized carbons (Fsp3) is 0.750. The summed E-state index contributed by atoms with van der Waals surface area (Å²) in [6, 6.07) is 0.333. The van der Waals surface area contributed by atoms with Gasteiger partial charge in [-0.3, -0.25) is 9.11 Å². The Labute approximate surface area is 91.3 Å². The summed E-state index contributed by atoms with van der Waals surface area (Å²) in [5, 5.41) is 0.640. The first-order valence-corrected chi connectivity index (χ1v) is 6.47. The maximum Gasteiger partial charge on any atom is 0.0434 e. The van der Waals surface area contributed by atoms with Crippen LogP contribution in [0, 0.1) is 0 Å². The molecule has 0 aromatic heterocycles. The van der Waals surface area contributed by atoms with E-state index in [-0.39, 0.29) is 0 Å². The van der Waals surface area contributed by atoms with Crippen molar-refractivity contribution in [2.45, 2.75) is 13.0 Å². The lowest BCUT2D eigenvalue weighted by Gasteiger charge is -2.32. The van der Waals surface area contributed by atoms with Crippen LogP contribution in [0.25, 0.3) is 0 Å². The Kier molecular flexibility index (Phi) is 4.73. The van der Waals surface area contributed by atoms with Crippen molar-refractivity contribution >= 4 is 34.0 Å². The number of hydrogen-bond acceptors (Lipinski definition) is 2. The van der Waals surface area contributed by atoms with E-state index >= 15 is 0 Å². The highest BCUT2D eigenvalue weighted by atomic mass is 35.5. The van der Waals surface area contributed by atoms with Gasteiger partial charge in [-0.2, -0.15) is 0 Å². The SMILES string of the molecule is CC1CS(=O)CCN1C/C(Cl)=C/Cl. The Bertz CT molecular complexity index is 232. The number of nitrogens with zero attached hydrogens (tertiary/aromatic N) is 1. The lowest BCUT2D eigenvalue weighted by molar-refractivity contribution is 0.253. The molecular weight excluding hydrogens is 229 g/mol. The highest BCUT2D eigenvalue weighted by molar-refractivity contribution is 7.85. The number of rotatable bonds is 2. The molecular formula is C8H13Cl2NOS. The maximum absolute atomic E-state index is 11.2. The summed E-state index contributed by atoms with van der Waals surface area (Å²) in [5.41, 5.74) is 1.39. The first-order valence-electron chi connectivity index (χ1n) is 4.17. The van der Waals surface area contributed by atoms with E-state index in [4.69, 9.17) is 23.2 Å². The topological polar surface area (TPSA) is 20.3 Å². The summed E-state index contributed by atoms with van der Waals surface area (Å²) in [4.78, 5) is 2.20. The van der Waals surface area contributed by atoms with Crippen molar-refractivity contribution in [2.75, 3.05) is 24.6 Å². The van der Waals surface area contributed by atoms with Crippen molar-refractivity contribution in [2.24, 2.45) is 0 Å². The van der Waals surface area contributed by atoms with Gasteiger partial charge in [-0.05, 0) is 6.92 Å². The van der Waals surface area contributed by atoms with Crippen LogP contribution >= 0.6 is 23.2 Å². The second kappa shape index (κ2) is 5.35. The molecule has 1 saturated heterocycles. The van der Waals surface area contributed by atoms with Crippen LogP contribution in [0.4, 0.5) is 0 Å². The van der Waals surface area contributed by atoms with Gasteiger partial charge in [0.25, 0.3) is 0 Å². The molecule has 0 N–H and O–H groups in total. The van der Waals surface area contributed by atoms with Crippen molar-refractivity contribution < 1.29 is 4.21 Å². The Morgan fingerprint density at radius 2 is 2.46 bits per heavy atom. The first-order chi connectivity index (χ1) is 6.13. The van der Waals surface area contributed by atoms with Gasteiger partial charge in [0.1, 0.15) is 0 Å². The molecule has 0 aromatic carbocycles. The lowest BCUT2D eigenvalue weighted by Crippen LogP contribution is -2.45. The van der Waals surface area contributed by atoms with E-state index in [1.165, 1.54) is 5.54 Å². The molecule has 0 saturated carbocycles. The molecule has 1 fully saturated rings. The Morgan fingerprint density at radius 1 is 1.77 bits per heavy atom. The molecule has 0 aromatic rings. The van der Waals surface area contributed by atoms with Gasteiger partial charge in [0.15, 0.2) is 0 Å². The molecule has 1 heterocycles. The fourth-order valence-electron chi connectivity index (χ4n) is 1.36. The zero-order valence-corrected chi connectivity index (χ0v) is 9.83. The molecule has 0 aliphatic carbocycles. The van der Waals surface area contributed by atoms with Crippen LogP contribution in [0.5, 0.6) is 0 Å². The van der Waals surface area contributed by atoms with Gasteiger partial charge < -0.3 is 0 Å². The van der Waals surface area contributed by atoms with Gasteiger partial charge in [-0.1, -0.05) is 23.2 Å². The lowest BCUT2D eigenvalue weighted by atomic mass is 10.3. The molecule has 2 unspecified atom stereocenters. The zero-order chi connectivity index (χ0) is 9.84. The summed E-state index contributed by atoms with van der Waals surface area (Å²) < 4.78 is 11.2. The van der Waals surface area contributed by atoms with Crippen LogP contribution in [-0.4, -0.2) is 39.7 Å². The summed E-state index contributed by atoms with van der Waals surface area (Å²) in [5.74, 6) is 1.49. The summed E-state index contributed by atoms with van der Waals surface area (Å²) in [6.45, 7) is 3.58. The number of halogens is 2. The van der Waals surface area contributed by atoms with E-state index in [0.29, 0.717) is 17.6 Å². The molecule has 13 heavy (non-hydrogen) atoms. The predicted molar refractivity (Wildman–Crippen MR) is 58.7 cm³/mol. The highest BCUT2D eigenvalue weighted by Gasteiger charge is 2.22. The minimum Gasteiger partial charge on any atom is -0.294 e. The Balaban J connectivity index is 2.47. The molecule has 2 atom stereocenters. The van der Waals surface area contributed by atoms with Crippen molar-refractivity contribution in [3.63, 3.8) is 0 Å². The average Bonchev–Trinajstić information content (AvgIpc) is 2.09. The predicted octanol–water partition coefficient (Wildman–Crippen LogP) is 1.76. The summed E-state index contributed by atoms with van der Waals surface area (Å²) in [6.07, 6.45) is 0. The third-order valence-corrected chi connectivity index (χ3v) is 4.22. The van der Waals surface area contributed by atoms with Crippen LogP contribution in [0.2, 0.25) is 0 Å². The minimum atomic E-state index is -0.645. The van der Waals surface area contributed by atoms with Crippen molar-refractivity contribution in [1.82, 2.24) is 4.90 Å². The molecule has 1 aliphatic heterocycles. The molecule has 0 spiro atoms. The van der Waals surface area contributed by atoms with Gasteiger partial charge >= 0.3 is 0 Å². The smallest absolute Gasteiger partial charge is 0.0434 e. The van der Waals surface area contributed by atoms with Gasteiger partial charge in [0, 0.05) is 52.0 Å². The van der Waals surface area contributed by atoms with Gasteiger partial charge in [-0.25, -0.2) is 0 Å². The van der Waals surface area contributed by atoms with Gasteiger partial charge in [0.05, 0.1) is 0 Å². The molecule has 76 valence electrons. The molecule has 1 aliphatic rings. The Hall–Kier alpha value is 0.430. The summed E-state index contributed by atoms with van der Waals surface area (Å²) >= 11 is 11.3. The largest absolute Gasteiger partial charge is 0.294 e. The van der Waals surface area contributed by atoms with E-state index < -0.39 is 10.8 Å². The fourth-order valence-corrected chi connectivity index (χ4v) is 2.94. The normalized spacial score (nSPS) is 32.1. The quantitative estimate of drug-likeness (QED) is 0.735. The zero-order valence-electron chi connectivity index (χ0n) is 7.50. The third-order valence-electron chi connectivity index (χ3n) is 2.13. The minimum absolute atomic E-state index is 0.333. The van der Waals surface area contributed by atoms with E-state index in [9.17, 15) is 4.21 Å². The van der Waals surface area contributed by atoms with Gasteiger partial charge in [0.2, 0.25) is 0 Å². The molecule has 0 bridgehead atoms. The highest BCUT2D eigenvalue weighted by Crippen LogP contribution is 2.13. The first kappa shape index (κ1) is 11.5. The summed E-state index contributed by atoms with van der Waals surface area (Å²) in [7, 11) is -0.645.